The summed E-state index contributed by atoms with van der Waals surface area (Å²) in [6, 6.07) is 19.4. The monoisotopic (exact) mass is 428 g/mol. The van der Waals surface area contributed by atoms with E-state index < -0.39 is 4.92 Å². The van der Waals surface area contributed by atoms with Crippen molar-refractivity contribution in [3.05, 3.63) is 76.3 Å². The zero-order chi connectivity index (χ0) is 22.5. The van der Waals surface area contributed by atoms with Gasteiger partial charge in [-0.25, -0.2) is 0 Å². The van der Waals surface area contributed by atoms with Crippen LogP contribution in [0.4, 0.5) is 17.2 Å². The standard InChI is InChI=1S/C23H20N6O3/c24-15-18-14-19(29(31)32)6-7-20(18)25-23(30)17-10-12-28(13-11-17)22-9-8-21(26-27-22)16-4-2-1-3-5-16/h1-9,14,17H,10-13H2,(H,25,30). The molecule has 1 saturated heterocycles. The lowest BCUT2D eigenvalue weighted by molar-refractivity contribution is -0.384. The SMILES string of the molecule is N#Cc1cc([N+](=O)[O-])ccc1NC(=O)C1CCN(c2ccc(-c3ccccc3)nn2)CC1. The van der Waals surface area contributed by atoms with E-state index in [4.69, 9.17) is 0 Å². The molecule has 0 saturated carbocycles. The maximum Gasteiger partial charge on any atom is 0.270 e. The van der Waals surface area contributed by atoms with E-state index in [0.29, 0.717) is 25.9 Å². The summed E-state index contributed by atoms with van der Waals surface area (Å²) in [6.45, 7) is 1.31. The molecule has 1 amide bonds. The molecule has 9 nitrogen and oxygen atoms in total. The molecule has 2 heterocycles. The average Bonchev–Trinajstić information content (AvgIpc) is 2.85. The molecule has 0 unspecified atom stereocenters. The first-order valence-corrected chi connectivity index (χ1v) is 10.2. The number of nitriles is 1. The minimum atomic E-state index is -0.572. The third kappa shape index (κ3) is 4.54. The first-order valence-electron chi connectivity index (χ1n) is 10.2. The highest BCUT2D eigenvalue weighted by Crippen LogP contribution is 2.26. The Bertz CT molecular complexity index is 1170. The lowest BCUT2D eigenvalue weighted by atomic mass is 9.95. The largest absolute Gasteiger partial charge is 0.355 e. The van der Waals surface area contributed by atoms with Crippen LogP contribution in [0.25, 0.3) is 11.3 Å². The Kier molecular flexibility index (Phi) is 6.03. The number of nitro benzene ring substituents is 1. The van der Waals surface area contributed by atoms with Crippen molar-refractivity contribution in [1.29, 1.82) is 5.26 Å². The number of aromatic nitrogens is 2. The van der Waals surface area contributed by atoms with Crippen molar-refractivity contribution in [3.8, 4) is 17.3 Å². The molecule has 1 N–H and O–H groups in total. The number of piperidine rings is 1. The van der Waals surface area contributed by atoms with Gasteiger partial charge >= 0.3 is 0 Å². The van der Waals surface area contributed by atoms with Crippen molar-refractivity contribution in [2.75, 3.05) is 23.3 Å². The fraction of sp³-hybridized carbons (Fsp3) is 0.217. The van der Waals surface area contributed by atoms with Crippen LogP contribution in [0, 0.1) is 27.4 Å². The highest BCUT2D eigenvalue weighted by atomic mass is 16.6. The van der Waals surface area contributed by atoms with Crippen LogP contribution in [0.2, 0.25) is 0 Å². The maximum atomic E-state index is 12.7. The topological polar surface area (TPSA) is 125 Å². The number of non-ortho nitro benzene ring substituents is 1. The predicted molar refractivity (Wildman–Crippen MR) is 119 cm³/mol. The van der Waals surface area contributed by atoms with Crippen molar-refractivity contribution in [3.63, 3.8) is 0 Å². The molecule has 32 heavy (non-hydrogen) atoms. The third-order valence-corrected chi connectivity index (χ3v) is 5.50. The molecule has 1 aliphatic rings. The number of carbonyl (C=O) groups is 1. The number of amides is 1. The number of nitro groups is 1. The number of rotatable bonds is 5. The van der Waals surface area contributed by atoms with Crippen molar-refractivity contribution < 1.29 is 9.72 Å². The van der Waals surface area contributed by atoms with E-state index in [0.717, 1.165) is 23.1 Å². The van der Waals surface area contributed by atoms with Gasteiger partial charge in [-0.05, 0) is 31.0 Å². The summed E-state index contributed by atoms with van der Waals surface area (Å²) in [5.74, 6) is 0.357. The molecule has 0 radical (unpaired) electrons. The molecule has 1 aliphatic heterocycles. The minimum absolute atomic E-state index is 0.0683. The molecule has 3 aromatic rings. The average molecular weight is 428 g/mol. The van der Waals surface area contributed by atoms with E-state index in [1.54, 1.807) is 0 Å². The Morgan fingerprint density at radius 2 is 1.84 bits per heavy atom. The molecule has 1 fully saturated rings. The van der Waals surface area contributed by atoms with Gasteiger partial charge in [-0.3, -0.25) is 14.9 Å². The molecule has 1 aromatic heterocycles. The fourth-order valence-corrected chi connectivity index (χ4v) is 3.71. The summed E-state index contributed by atoms with van der Waals surface area (Å²) in [6.07, 6.45) is 1.26. The normalized spacial score (nSPS) is 13.9. The molecule has 2 aromatic carbocycles. The van der Waals surface area contributed by atoms with E-state index in [2.05, 4.69) is 20.4 Å². The van der Waals surface area contributed by atoms with Crippen molar-refractivity contribution in [2.24, 2.45) is 5.92 Å². The van der Waals surface area contributed by atoms with Crippen molar-refractivity contribution in [1.82, 2.24) is 10.2 Å². The summed E-state index contributed by atoms with van der Waals surface area (Å²) in [4.78, 5) is 25.1. The van der Waals surface area contributed by atoms with Crippen LogP contribution in [0.3, 0.4) is 0 Å². The van der Waals surface area contributed by atoms with Gasteiger partial charge in [0, 0.05) is 36.7 Å². The molecule has 4 rings (SSSR count). The van der Waals surface area contributed by atoms with Gasteiger partial charge in [-0.2, -0.15) is 5.26 Å². The van der Waals surface area contributed by atoms with Crippen LogP contribution < -0.4 is 10.2 Å². The van der Waals surface area contributed by atoms with E-state index >= 15 is 0 Å². The van der Waals surface area contributed by atoms with Gasteiger partial charge in [0.2, 0.25) is 5.91 Å². The first-order chi connectivity index (χ1) is 15.5. The van der Waals surface area contributed by atoms with Crippen molar-refractivity contribution in [2.45, 2.75) is 12.8 Å². The number of anilines is 2. The van der Waals surface area contributed by atoms with Gasteiger partial charge < -0.3 is 10.2 Å². The Morgan fingerprint density at radius 1 is 1.09 bits per heavy atom. The lowest BCUT2D eigenvalue weighted by Gasteiger charge is -2.31. The smallest absolute Gasteiger partial charge is 0.270 e. The molecule has 0 atom stereocenters. The molecule has 0 spiro atoms. The van der Waals surface area contributed by atoms with Gasteiger partial charge in [0.15, 0.2) is 5.82 Å². The van der Waals surface area contributed by atoms with Crippen LogP contribution in [0.15, 0.2) is 60.7 Å². The Morgan fingerprint density at radius 3 is 2.47 bits per heavy atom. The summed E-state index contributed by atoms with van der Waals surface area (Å²) in [7, 11) is 0. The quantitative estimate of drug-likeness (QED) is 0.484. The maximum absolute atomic E-state index is 12.7. The summed E-state index contributed by atoms with van der Waals surface area (Å²) in [5.41, 5.74) is 1.98. The number of nitrogens with zero attached hydrogens (tertiary/aromatic N) is 5. The highest BCUT2D eigenvalue weighted by Gasteiger charge is 2.26. The fourth-order valence-electron chi connectivity index (χ4n) is 3.71. The predicted octanol–water partition coefficient (Wildman–Crippen LogP) is 3.78. The zero-order valence-electron chi connectivity index (χ0n) is 17.1. The Balaban J connectivity index is 1.36. The molecular weight excluding hydrogens is 408 g/mol. The third-order valence-electron chi connectivity index (χ3n) is 5.50. The number of nitrogens with one attached hydrogen (secondary N) is 1. The second kappa shape index (κ2) is 9.22. The summed E-state index contributed by atoms with van der Waals surface area (Å²) in [5, 5.41) is 31.6. The Hall–Kier alpha value is -4.32. The molecular formula is C23H20N6O3. The second-order valence-corrected chi connectivity index (χ2v) is 7.49. The van der Waals surface area contributed by atoms with Crippen LogP contribution in [0.1, 0.15) is 18.4 Å². The van der Waals surface area contributed by atoms with Crippen LogP contribution >= 0.6 is 0 Å². The summed E-state index contributed by atoms with van der Waals surface area (Å²) >= 11 is 0. The minimum Gasteiger partial charge on any atom is -0.355 e. The lowest BCUT2D eigenvalue weighted by Crippen LogP contribution is -2.38. The second-order valence-electron chi connectivity index (χ2n) is 7.49. The summed E-state index contributed by atoms with van der Waals surface area (Å²) < 4.78 is 0. The molecule has 160 valence electrons. The van der Waals surface area contributed by atoms with Crippen LogP contribution in [-0.4, -0.2) is 34.1 Å². The molecule has 0 bridgehead atoms. The molecule has 0 aliphatic carbocycles. The van der Waals surface area contributed by atoms with Crippen LogP contribution in [-0.2, 0) is 4.79 Å². The Labute approximate surface area is 184 Å². The van der Waals surface area contributed by atoms with E-state index in [1.807, 2.05) is 48.5 Å². The van der Waals surface area contributed by atoms with Crippen LogP contribution in [0.5, 0.6) is 0 Å². The number of benzene rings is 2. The zero-order valence-corrected chi connectivity index (χ0v) is 17.1. The van der Waals surface area contributed by atoms with E-state index in [9.17, 15) is 20.2 Å². The van der Waals surface area contributed by atoms with E-state index in [-0.39, 0.29) is 28.8 Å². The van der Waals surface area contributed by atoms with E-state index in [1.165, 1.54) is 12.1 Å². The number of hydrogen-bond acceptors (Lipinski definition) is 7. The van der Waals surface area contributed by atoms with Gasteiger partial charge in [-0.1, -0.05) is 30.3 Å². The highest BCUT2D eigenvalue weighted by molar-refractivity contribution is 5.94. The first kappa shape index (κ1) is 20.9. The van der Waals surface area contributed by atoms with Gasteiger partial charge in [0.25, 0.3) is 5.69 Å². The van der Waals surface area contributed by atoms with Crippen molar-refractivity contribution >= 4 is 23.1 Å². The number of hydrogen-bond donors (Lipinski definition) is 1. The van der Waals surface area contributed by atoms with Gasteiger partial charge in [-0.15, -0.1) is 10.2 Å². The van der Waals surface area contributed by atoms with Gasteiger partial charge in [0.1, 0.15) is 6.07 Å². The number of carbonyl (C=O) groups excluding carboxylic acids is 1. The van der Waals surface area contributed by atoms with Gasteiger partial charge in [0.05, 0.1) is 21.9 Å². The molecule has 9 heteroatoms.